The molecule has 0 atom stereocenters. The van der Waals surface area contributed by atoms with Gasteiger partial charge in [0.1, 0.15) is 0 Å². The number of hydrogen-bond donors (Lipinski definition) is 0. The molecule has 0 unspecified atom stereocenters. The lowest BCUT2D eigenvalue weighted by atomic mass is 9.90. The lowest BCUT2D eigenvalue weighted by Crippen LogP contribution is -2.30. The molecule has 8 aromatic rings. The summed E-state index contributed by atoms with van der Waals surface area (Å²) < 4.78 is 0. The summed E-state index contributed by atoms with van der Waals surface area (Å²) in [5.74, 6) is -0.596. The maximum Gasteiger partial charge on any atom is 0.266 e. The lowest BCUT2D eigenvalue weighted by Gasteiger charge is -2.20. The van der Waals surface area contributed by atoms with E-state index in [1.165, 1.54) is 27.1 Å². The third kappa shape index (κ3) is 2.61. The molecule has 0 aliphatic carbocycles. The third-order valence-corrected chi connectivity index (χ3v) is 8.49. The zero-order valence-corrected chi connectivity index (χ0v) is 20.7. The van der Waals surface area contributed by atoms with Crippen molar-refractivity contribution >= 4 is 87.7 Å². The molecule has 39 heavy (non-hydrogen) atoms. The van der Waals surface area contributed by atoms with Crippen molar-refractivity contribution in [2.45, 2.75) is 0 Å². The number of benzene rings is 8. The van der Waals surface area contributed by atoms with Crippen LogP contribution in [0.4, 0.5) is 5.69 Å². The second kappa shape index (κ2) is 7.18. The maximum atomic E-state index is 14.1. The van der Waals surface area contributed by atoms with Gasteiger partial charge in [-0.15, -0.1) is 0 Å². The molecule has 3 nitrogen and oxygen atoms in total. The Labute approximate surface area is 222 Å². The summed E-state index contributed by atoms with van der Waals surface area (Å²) in [6.45, 7) is 0. The van der Waals surface area contributed by atoms with Crippen LogP contribution in [0.5, 0.6) is 0 Å². The molecule has 1 aliphatic heterocycles. The predicted molar refractivity (Wildman–Crippen MR) is 161 cm³/mol. The molecule has 0 aromatic heterocycles. The molecule has 0 N–H and O–H groups in total. The van der Waals surface area contributed by atoms with Gasteiger partial charge in [-0.3, -0.25) is 9.59 Å². The van der Waals surface area contributed by atoms with Crippen LogP contribution in [0.1, 0.15) is 5.56 Å². The molecular formula is C36H19NO2. The van der Waals surface area contributed by atoms with E-state index in [2.05, 4.69) is 84.9 Å². The molecule has 0 fully saturated rings. The molecule has 1 aliphatic rings. The van der Waals surface area contributed by atoms with Crippen molar-refractivity contribution < 1.29 is 9.59 Å². The molecule has 0 spiro atoms. The fourth-order valence-electron chi connectivity index (χ4n) is 6.78. The predicted octanol–water partition coefficient (Wildman–Crippen LogP) is 8.44. The first-order valence-corrected chi connectivity index (χ1v) is 13.1. The van der Waals surface area contributed by atoms with Crippen molar-refractivity contribution in [1.82, 2.24) is 0 Å². The molecule has 180 valence electrons. The average Bonchev–Trinajstić information content (AvgIpc) is 3.27. The van der Waals surface area contributed by atoms with E-state index < -0.39 is 0 Å². The second-order valence-corrected chi connectivity index (χ2v) is 10.4. The molecule has 8 aromatic carbocycles. The minimum atomic E-state index is -0.310. The van der Waals surface area contributed by atoms with E-state index >= 15 is 0 Å². The molecule has 3 heteroatoms. The number of imide groups is 1. The SMILES string of the molecule is O=C1C=C(c2ccc3ccc4cccc5ccc2c3c45)C(=O)N1c1ccc2ccc3cccc4ccc1c2c34. The Morgan fingerprint density at radius 1 is 0.436 bits per heavy atom. The Hall–Kier alpha value is -5.28. The summed E-state index contributed by atoms with van der Waals surface area (Å²) in [5.41, 5.74) is 1.85. The van der Waals surface area contributed by atoms with E-state index in [-0.39, 0.29) is 11.8 Å². The van der Waals surface area contributed by atoms with Gasteiger partial charge in [-0.25, -0.2) is 4.90 Å². The minimum Gasteiger partial charge on any atom is -0.269 e. The Balaban J connectivity index is 1.25. The highest BCUT2D eigenvalue weighted by molar-refractivity contribution is 6.46. The van der Waals surface area contributed by atoms with Gasteiger partial charge in [0.05, 0.1) is 11.3 Å². The third-order valence-electron chi connectivity index (χ3n) is 8.49. The van der Waals surface area contributed by atoms with Gasteiger partial charge in [-0.05, 0) is 70.9 Å². The van der Waals surface area contributed by atoms with E-state index in [4.69, 9.17) is 0 Å². The molecule has 0 bridgehead atoms. The van der Waals surface area contributed by atoms with E-state index in [9.17, 15) is 9.59 Å². The zero-order chi connectivity index (χ0) is 25.8. The standard InChI is InChI=1S/C36H19NO2/c38-31-19-29(26-15-11-24-9-7-20-3-1-5-22-12-16-27(26)34(24)32(20)22)36(39)37(31)30-18-14-25-10-8-21-4-2-6-23-13-17-28(30)35(25)33(21)23/h1-19H. The highest BCUT2D eigenvalue weighted by atomic mass is 16.2. The van der Waals surface area contributed by atoms with Gasteiger partial charge in [-0.2, -0.15) is 0 Å². The average molecular weight is 498 g/mol. The Morgan fingerprint density at radius 3 is 1.51 bits per heavy atom. The molecule has 1 heterocycles. The number of carbonyl (C=O) groups excluding carboxylic acids is 2. The zero-order valence-electron chi connectivity index (χ0n) is 20.7. The van der Waals surface area contributed by atoms with Crippen LogP contribution in [-0.2, 0) is 9.59 Å². The number of rotatable bonds is 2. The monoisotopic (exact) mass is 497 g/mol. The van der Waals surface area contributed by atoms with E-state index in [0.29, 0.717) is 11.3 Å². The van der Waals surface area contributed by atoms with Crippen LogP contribution < -0.4 is 4.90 Å². The van der Waals surface area contributed by atoms with Crippen LogP contribution in [-0.4, -0.2) is 11.8 Å². The molecular weight excluding hydrogens is 478 g/mol. The van der Waals surface area contributed by atoms with Gasteiger partial charge in [0.25, 0.3) is 11.8 Å². The fourth-order valence-corrected chi connectivity index (χ4v) is 6.78. The number of carbonyl (C=O) groups is 2. The van der Waals surface area contributed by atoms with Gasteiger partial charge in [0.15, 0.2) is 0 Å². The van der Waals surface area contributed by atoms with Crippen LogP contribution in [0, 0.1) is 0 Å². The molecule has 9 rings (SSSR count). The molecule has 0 saturated carbocycles. The highest BCUT2D eigenvalue weighted by Gasteiger charge is 2.35. The van der Waals surface area contributed by atoms with Crippen molar-refractivity contribution in [3.05, 3.63) is 121 Å². The van der Waals surface area contributed by atoms with Gasteiger partial charge in [-0.1, -0.05) is 103 Å². The first-order chi connectivity index (χ1) is 19.2. The van der Waals surface area contributed by atoms with Crippen molar-refractivity contribution in [3.63, 3.8) is 0 Å². The summed E-state index contributed by atoms with van der Waals surface area (Å²) in [5, 5.41) is 13.3. The smallest absolute Gasteiger partial charge is 0.266 e. The van der Waals surface area contributed by atoms with Crippen LogP contribution in [0.3, 0.4) is 0 Å². The number of anilines is 1. The lowest BCUT2D eigenvalue weighted by molar-refractivity contribution is -0.119. The quantitative estimate of drug-likeness (QED) is 0.178. The fraction of sp³-hybridized carbons (Fsp3) is 0. The number of amides is 2. The Kier molecular flexibility index (Phi) is 3.82. The minimum absolute atomic E-state index is 0.287. The molecule has 0 saturated heterocycles. The summed E-state index contributed by atoms with van der Waals surface area (Å²) in [7, 11) is 0. The Bertz CT molecular complexity index is 2350. The van der Waals surface area contributed by atoms with Crippen molar-refractivity contribution in [2.75, 3.05) is 4.90 Å². The second-order valence-electron chi connectivity index (χ2n) is 10.4. The first-order valence-electron chi connectivity index (χ1n) is 13.1. The maximum absolute atomic E-state index is 14.1. The summed E-state index contributed by atoms with van der Waals surface area (Å²) >= 11 is 0. The van der Waals surface area contributed by atoms with Gasteiger partial charge in [0.2, 0.25) is 0 Å². The molecule has 0 radical (unpaired) electrons. The van der Waals surface area contributed by atoms with E-state index in [1.807, 2.05) is 24.3 Å². The topological polar surface area (TPSA) is 37.4 Å². The number of nitrogens with zero attached hydrogens (tertiary/aromatic N) is 1. The summed E-state index contributed by atoms with van der Waals surface area (Å²) in [6.07, 6.45) is 1.51. The van der Waals surface area contributed by atoms with Crippen molar-refractivity contribution in [2.24, 2.45) is 0 Å². The summed E-state index contributed by atoms with van der Waals surface area (Å²) in [4.78, 5) is 28.9. The van der Waals surface area contributed by atoms with Crippen LogP contribution >= 0.6 is 0 Å². The number of hydrogen-bond acceptors (Lipinski definition) is 2. The Morgan fingerprint density at radius 2 is 0.897 bits per heavy atom. The molecule has 2 amide bonds. The van der Waals surface area contributed by atoms with Gasteiger partial charge >= 0.3 is 0 Å². The van der Waals surface area contributed by atoms with Crippen molar-refractivity contribution in [3.8, 4) is 0 Å². The van der Waals surface area contributed by atoms with Crippen LogP contribution in [0.15, 0.2) is 115 Å². The van der Waals surface area contributed by atoms with Gasteiger partial charge < -0.3 is 0 Å². The largest absolute Gasteiger partial charge is 0.269 e. The highest BCUT2D eigenvalue weighted by Crippen LogP contribution is 2.43. The van der Waals surface area contributed by atoms with E-state index in [0.717, 1.165) is 54.0 Å². The normalized spacial score (nSPS) is 14.4. The van der Waals surface area contributed by atoms with Gasteiger partial charge in [0, 0.05) is 11.5 Å². The van der Waals surface area contributed by atoms with Crippen LogP contribution in [0.2, 0.25) is 0 Å². The van der Waals surface area contributed by atoms with E-state index in [1.54, 1.807) is 0 Å². The van der Waals surface area contributed by atoms with Crippen molar-refractivity contribution in [1.29, 1.82) is 0 Å². The van der Waals surface area contributed by atoms with Crippen LogP contribution in [0.25, 0.3) is 70.2 Å². The summed E-state index contributed by atoms with van der Waals surface area (Å²) in [6, 6.07) is 37.3. The first kappa shape index (κ1) is 20.7.